The smallest absolute Gasteiger partial charge is 0.277 e. The third kappa shape index (κ3) is 5.91. The largest absolute Gasteiger partial charge is 0.352 e. The highest BCUT2D eigenvalue weighted by Gasteiger charge is 2.19. The average Bonchev–Trinajstić information content (AvgIpc) is 3.34. The van der Waals surface area contributed by atoms with Crippen molar-refractivity contribution in [3.8, 4) is 17.1 Å². The van der Waals surface area contributed by atoms with E-state index in [4.69, 9.17) is 4.98 Å². The number of hydrogen-bond donors (Lipinski definition) is 2. The van der Waals surface area contributed by atoms with Gasteiger partial charge in [0, 0.05) is 54.2 Å². The second-order valence-electron chi connectivity index (χ2n) is 11.3. The van der Waals surface area contributed by atoms with E-state index in [2.05, 4.69) is 17.2 Å². The lowest BCUT2D eigenvalue weighted by molar-refractivity contribution is 0.0827. The van der Waals surface area contributed by atoms with Crippen LogP contribution in [-0.2, 0) is 6.54 Å². The molecule has 0 bridgehead atoms. The SMILES string of the molecule is C=C(Nc1cnc(-c2cc(C(=O)N(C)C)ccc2C)n(Cc2cccc(-n3cc(C)c4cc(F)ccc43)c2)c1=O)[C@H](C)NC. The molecule has 0 saturated heterocycles. The number of benzene rings is 3. The Bertz CT molecular complexity index is 1960. The van der Waals surface area contributed by atoms with Gasteiger partial charge in [0.05, 0.1) is 18.3 Å². The Kier molecular flexibility index (Phi) is 8.51. The molecule has 0 aliphatic carbocycles. The molecule has 9 heteroatoms. The molecule has 0 radical (unpaired) electrons. The summed E-state index contributed by atoms with van der Waals surface area (Å²) in [6.45, 7) is 10.1. The molecule has 1 atom stereocenters. The molecule has 5 rings (SSSR count). The number of nitrogens with one attached hydrogen (secondary N) is 2. The molecule has 0 saturated carbocycles. The van der Waals surface area contributed by atoms with Gasteiger partial charge in [-0.2, -0.15) is 0 Å². The van der Waals surface area contributed by atoms with Gasteiger partial charge in [0.1, 0.15) is 17.3 Å². The van der Waals surface area contributed by atoms with E-state index >= 15 is 0 Å². The van der Waals surface area contributed by atoms with Crippen LogP contribution in [0.2, 0.25) is 0 Å². The summed E-state index contributed by atoms with van der Waals surface area (Å²) in [5.41, 5.74) is 6.33. The third-order valence-electron chi connectivity index (χ3n) is 7.92. The number of aromatic nitrogens is 3. The van der Waals surface area contributed by atoms with E-state index in [1.807, 2.05) is 68.9 Å². The molecule has 44 heavy (non-hydrogen) atoms. The van der Waals surface area contributed by atoms with E-state index in [9.17, 15) is 14.0 Å². The fraction of sp³-hybridized carbons (Fsp3) is 0.229. The maximum absolute atomic E-state index is 14.1. The number of hydrogen-bond acceptors (Lipinski definition) is 5. The van der Waals surface area contributed by atoms with Crippen LogP contribution >= 0.6 is 0 Å². The predicted molar refractivity (Wildman–Crippen MR) is 175 cm³/mol. The second kappa shape index (κ2) is 12.3. The van der Waals surface area contributed by atoms with E-state index in [1.54, 1.807) is 42.9 Å². The number of rotatable bonds is 9. The van der Waals surface area contributed by atoms with E-state index in [0.29, 0.717) is 28.3 Å². The van der Waals surface area contributed by atoms with E-state index in [0.717, 1.165) is 33.3 Å². The van der Waals surface area contributed by atoms with Crippen LogP contribution in [-0.4, -0.2) is 52.1 Å². The fourth-order valence-corrected chi connectivity index (χ4v) is 5.22. The lowest BCUT2D eigenvalue weighted by Crippen LogP contribution is -2.31. The van der Waals surface area contributed by atoms with Crippen molar-refractivity contribution in [1.29, 1.82) is 0 Å². The molecule has 8 nitrogen and oxygen atoms in total. The Morgan fingerprint density at radius 3 is 2.57 bits per heavy atom. The molecule has 1 amide bonds. The van der Waals surface area contributed by atoms with Gasteiger partial charge in [-0.3, -0.25) is 14.2 Å². The maximum atomic E-state index is 14.1. The second-order valence-corrected chi connectivity index (χ2v) is 11.3. The zero-order valence-electron chi connectivity index (χ0n) is 25.9. The van der Waals surface area contributed by atoms with E-state index in [-0.39, 0.29) is 29.9 Å². The van der Waals surface area contributed by atoms with Crippen LogP contribution in [0.1, 0.15) is 34.0 Å². The molecule has 5 aromatic rings. The Morgan fingerprint density at radius 1 is 1.07 bits per heavy atom. The lowest BCUT2D eigenvalue weighted by Gasteiger charge is -2.20. The molecular weight excluding hydrogens is 555 g/mol. The minimum Gasteiger partial charge on any atom is -0.352 e. The van der Waals surface area contributed by atoms with Gasteiger partial charge in [0.15, 0.2) is 0 Å². The summed E-state index contributed by atoms with van der Waals surface area (Å²) in [6, 6.07) is 18.0. The highest BCUT2D eigenvalue weighted by atomic mass is 19.1. The minimum atomic E-state index is -0.279. The van der Waals surface area contributed by atoms with Gasteiger partial charge in [-0.1, -0.05) is 24.8 Å². The van der Waals surface area contributed by atoms with Crippen LogP contribution in [0.5, 0.6) is 0 Å². The van der Waals surface area contributed by atoms with Crippen LogP contribution < -0.4 is 16.2 Å². The summed E-state index contributed by atoms with van der Waals surface area (Å²) >= 11 is 0. The van der Waals surface area contributed by atoms with Crippen molar-refractivity contribution in [3.05, 3.63) is 124 Å². The zero-order chi connectivity index (χ0) is 31.7. The Labute approximate surface area is 256 Å². The van der Waals surface area contributed by atoms with Gasteiger partial charge in [0.2, 0.25) is 0 Å². The van der Waals surface area contributed by atoms with Gasteiger partial charge < -0.3 is 20.1 Å². The quantitative estimate of drug-likeness (QED) is 0.223. The number of carbonyl (C=O) groups excluding carboxylic acids is 1. The first-order valence-corrected chi connectivity index (χ1v) is 14.4. The number of halogens is 1. The lowest BCUT2D eigenvalue weighted by atomic mass is 10.0. The van der Waals surface area contributed by atoms with Crippen molar-refractivity contribution >= 4 is 22.5 Å². The Morgan fingerprint density at radius 2 is 1.84 bits per heavy atom. The minimum absolute atomic E-state index is 0.0801. The summed E-state index contributed by atoms with van der Waals surface area (Å²) < 4.78 is 17.6. The molecule has 3 aromatic carbocycles. The number of carbonyl (C=O) groups is 1. The third-order valence-corrected chi connectivity index (χ3v) is 7.92. The standard InChI is InChI=1S/C35H37FN6O2/c1-21-11-12-26(34(43)40(6)7)16-30(21)33-38-18-31(39-24(4)23(3)37-5)35(44)42(33)20-25-9-8-10-28(15-25)41-19-22(2)29-17-27(36)13-14-32(29)41/h8-19,23,37,39H,4,20H2,1-3,5-7H3/t23-/m0/s1. The highest BCUT2D eigenvalue weighted by Crippen LogP contribution is 2.27. The molecule has 0 unspecified atom stereocenters. The van der Waals surface area contributed by atoms with Crippen molar-refractivity contribution < 1.29 is 9.18 Å². The van der Waals surface area contributed by atoms with Crippen LogP contribution in [0.3, 0.4) is 0 Å². The van der Waals surface area contributed by atoms with Crippen molar-refractivity contribution in [3.63, 3.8) is 0 Å². The number of amides is 1. The first-order valence-electron chi connectivity index (χ1n) is 14.4. The molecule has 0 fully saturated rings. The number of aryl methyl sites for hydroxylation is 2. The van der Waals surface area contributed by atoms with Crippen molar-refractivity contribution in [1.82, 2.24) is 24.3 Å². The number of fused-ring (bicyclic) bond motifs is 1. The topological polar surface area (TPSA) is 84.2 Å². The molecule has 2 heterocycles. The summed E-state index contributed by atoms with van der Waals surface area (Å²) in [5.74, 6) is 0.0258. The van der Waals surface area contributed by atoms with Crippen LogP contribution in [0.4, 0.5) is 10.1 Å². The van der Waals surface area contributed by atoms with Gasteiger partial charge >= 0.3 is 0 Å². The average molecular weight is 593 g/mol. The normalized spacial score (nSPS) is 11.9. The Hall–Kier alpha value is -5.02. The Balaban J connectivity index is 1.64. The molecule has 0 aliphatic rings. The van der Waals surface area contributed by atoms with Gasteiger partial charge in [-0.15, -0.1) is 0 Å². The summed E-state index contributed by atoms with van der Waals surface area (Å²) in [7, 11) is 5.23. The van der Waals surface area contributed by atoms with Gasteiger partial charge in [0.25, 0.3) is 11.5 Å². The molecular formula is C35H37FN6O2. The molecule has 2 N–H and O–H groups in total. The highest BCUT2D eigenvalue weighted by molar-refractivity contribution is 5.95. The first kappa shape index (κ1) is 30.4. The molecule has 226 valence electrons. The molecule has 0 spiro atoms. The van der Waals surface area contributed by atoms with Crippen LogP contribution in [0.15, 0.2) is 90.1 Å². The first-order chi connectivity index (χ1) is 21.0. The maximum Gasteiger partial charge on any atom is 0.277 e. The van der Waals surface area contributed by atoms with Crippen LogP contribution in [0.25, 0.3) is 28.0 Å². The van der Waals surface area contributed by atoms with E-state index in [1.165, 1.54) is 17.2 Å². The fourth-order valence-electron chi connectivity index (χ4n) is 5.22. The van der Waals surface area contributed by atoms with Crippen LogP contribution in [0, 0.1) is 19.7 Å². The molecule has 2 aromatic heterocycles. The number of likely N-dealkylation sites (N-methyl/N-ethyl adjacent to an activating group) is 1. The summed E-state index contributed by atoms with van der Waals surface area (Å²) in [5, 5.41) is 7.10. The van der Waals surface area contributed by atoms with Crippen molar-refractivity contribution in [2.75, 3.05) is 26.5 Å². The van der Waals surface area contributed by atoms with E-state index < -0.39 is 0 Å². The van der Waals surface area contributed by atoms with Gasteiger partial charge in [-0.05, 0) is 87.0 Å². The number of anilines is 1. The van der Waals surface area contributed by atoms with Crippen molar-refractivity contribution in [2.24, 2.45) is 0 Å². The monoisotopic (exact) mass is 592 g/mol. The molecule has 0 aliphatic heterocycles. The summed E-state index contributed by atoms with van der Waals surface area (Å²) in [6.07, 6.45) is 3.50. The van der Waals surface area contributed by atoms with Crippen molar-refractivity contribution in [2.45, 2.75) is 33.4 Å². The summed E-state index contributed by atoms with van der Waals surface area (Å²) in [4.78, 5) is 33.2. The zero-order valence-corrected chi connectivity index (χ0v) is 25.9. The van der Waals surface area contributed by atoms with Gasteiger partial charge in [-0.25, -0.2) is 9.37 Å². The number of nitrogens with zero attached hydrogens (tertiary/aromatic N) is 4. The predicted octanol–water partition coefficient (Wildman–Crippen LogP) is 5.89.